The molecule has 7 heteroatoms. The monoisotopic (exact) mass is 462 g/mol. The van der Waals surface area contributed by atoms with Gasteiger partial charge in [-0.1, -0.05) is 30.3 Å². The van der Waals surface area contributed by atoms with E-state index in [0.717, 1.165) is 67.9 Å². The molecular weight excluding hydrogens is 431 g/mol. The van der Waals surface area contributed by atoms with Crippen LogP contribution in [0, 0.1) is 24.6 Å². The zero-order valence-corrected chi connectivity index (χ0v) is 19.6. The highest BCUT2D eigenvalue weighted by Crippen LogP contribution is 2.27. The Morgan fingerprint density at radius 2 is 1.79 bits per heavy atom. The maximum absolute atomic E-state index is 13.8. The van der Waals surface area contributed by atoms with Gasteiger partial charge in [0.1, 0.15) is 0 Å². The van der Waals surface area contributed by atoms with Crippen LogP contribution < -0.4 is 9.64 Å². The Kier molecular flexibility index (Phi) is 6.61. The van der Waals surface area contributed by atoms with Crippen molar-refractivity contribution in [3.05, 3.63) is 60.0 Å². The Hall–Kier alpha value is -3.22. The predicted molar refractivity (Wildman–Crippen MR) is 130 cm³/mol. The van der Waals surface area contributed by atoms with Gasteiger partial charge in [-0.15, -0.1) is 0 Å². The molecule has 1 aromatic heterocycles. The molecule has 2 saturated heterocycles. The lowest BCUT2D eigenvalue weighted by Gasteiger charge is -2.37. The molecule has 5 rings (SSSR count). The lowest BCUT2D eigenvalue weighted by atomic mass is 9.92. The van der Waals surface area contributed by atoms with Crippen molar-refractivity contribution in [3.63, 3.8) is 0 Å². The summed E-state index contributed by atoms with van der Waals surface area (Å²) in [5, 5.41) is 1.08. The molecule has 0 saturated carbocycles. The quantitative estimate of drug-likeness (QED) is 0.554. The number of fused-ring (bicyclic) bond motifs is 1. The number of carbonyl (C=O) groups is 1. The van der Waals surface area contributed by atoms with E-state index in [4.69, 9.17) is 14.7 Å². The van der Waals surface area contributed by atoms with Gasteiger partial charge in [0.15, 0.2) is 11.6 Å². The summed E-state index contributed by atoms with van der Waals surface area (Å²) in [5.41, 5.74) is 1.94. The zero-order valence-electron chi connectivity index (χ0n) is 19.6. The second-order valence-electron chi connectivity index (χ2n) is 9.42. The first-order chi connectivity index (χ1) is 16.6. The van der Waals surface area contributed by atoms with Crippen molar-refractivity contribution < 1.29 is 13.9 Å². The van der Waals surface area contributed by atoms with Gasteiger partial charge in [-0.3, -0.25) is 4.79 Å². The number of halogens is 1. The fourth-order valence-corrected chi connectivity index (χ4v) is 5.12. The molecule has 0 aliphatic carbocycles. The fraction of sp³-hybridized carbons (Fsp3) is 0.444. The lowest BCUT2D eigenvalue weighted by Crippen LogP contribution is -2.47. The van der Waals surface area contributed by atoms with Crippen molar-refractivity contribution in [3.8, 4) is 5.75 Å². The van der Waals surface area contributed by atoms with Gasteiger partial charge in [-0.05, 0) is 50.8 Å². The number of ether oxygens (including phenoxy) is 1. The summed E-state index contributed by atoms with van der Waals surface area (Å²) in [6.45, 7) is 5.49. The van der Waals surface area contributed by atoms with Crippen molar-refractivity contribution >= 4 is 22.8 Å². The number of amides is 1. The van der Waals surface area contributed by atoms with Crippen LogP contribution >= 0.6 is 0 Å². The number of anilines is 1. The molecule has 0 bridgehead atoms. The highest BCUT2D eigenvalue weighted by atomic mass is 19.1. The number of aromatic nitrogens is 2. The molecule has 0 unspecified atom stereocenters. The highest BCUT2D eigenvalue weighted by molar-refractivity contribution is 5.82. The standard InChI is InChI=1S/C27H31FN4O2/c1-19-22-8-2-4-10-24(22)30-27(29-19)31-15-12-21(13-16-31)26(33)32-14-6-7-20(17-32)18-34-25-11-5-3-9-23(25)28/h2-5,8-11,20-21H,6-7,12-18H2,1H3/t20-/m0/s1. The third kappa shape index (κ3) is 4.83. The molecule has 6 nitrogen and oxygen atoms in total. The average Bonchev–Trinajstić information content (AvgIpc) is 2.88. The van der Waals surface area contributed by atoms with E-state index in [1.807, 2.05) is 36.1 Å². The maximum atomic E-state index is 13.8. The van der Waals surface area contributed by atoms with Crippen LogP contribution in [0.4, 0.5) is 10.3 Å². The fourth-order valence-electron chi connectivity index (χ4n) is 5.12. The summed E-state index contributed by atoms with van der Waals surface area (Å²) in [7, 11) is 0. The lowest BCUT2D eigenvalue weighted by molar-refractivity contribution is -0.138. The van der Waals surface area contributed by atoms with Crippen molar-refractivity contribution in [1.29, 1.82) is 0 Å². The van der Waals surface area contributed by atoms with Gasteiger partial charge in [0.25, 0.3) is 0 Å². The third-order valence-electron chi connectivity index (χ3n) is 7.05. The summed E-state index contributed by atoms with van der Waals surface area (Å²) in [6, 6.07) is 14.5. The number of hydrogen-bond donors (Lipinski definition) is 0. The zero-order chi connectivity index (χ0) is 23.5. The van der Waals surface area contributed by atoms with Crippen LogP contribution in [0.3, 0.4) is 0 Å². The summed E-state index contributed by atoms with van der Waals surface area (Å²) in [4.78, 5) is 27.0. The van der Waals surface area contributed by atoms with Crippen LogP contribution in [0.25, 0.3) is 10.9 Å². The Bertz CT molecular complexity index is 1160. The van der Waals surface area contributed by atoms with Gasteiger partial charge in [-0.25, -0.2) is 14.4 Å². The number of piperidine rings is 2. The molecular formula is C27H31FN4O2. The number of likely N-dealkylation sites (tertiary alicyclic amines) is 1. The second-order valence-corrected chi connectivity index (χ2v) is 9.42. The second kappa shape index (κ2) is 9.95. The molecule has 1 atom stereocenters. The van der Waals surface area contributed by atoms with Crippen LogP contribution in [0.5, 0.6) is 5.75 Å². The minimum absolute atomic E-state index is 0.0315. The Morgan fingerprint density at radius 3 is 2.62 bits per heavy atom. The van der Waals surface area contributed by atoms with Crippen molar-refractivity contribution in [2.45, 2.75) is 32.6 Å². The van der Waals surface area contributed by atoms with Gasteiger partial charge in [0, 0.05) is 43.4 Å². The van der Waals surface area contributed by atoms with Crippen LogP contribution in [-0.2, 0) is 4.79 Å². The van der Waals surface area contributed by atoms with Crippen LogP contribution in [0.15, 0.2) is 48.5 Å². The third-order valence-corrected chi connectivity index (χ3v) is 7.05. The molecule has 2 aliphatic rings. The van der Waals surface area contributed by atoms with Gasteiger partial charge in [0.05, 0.1) is 17.8 Å². The predicted octanol–water partition coefficient (Wildman–Crippen LogP) is 4.61. The number of para-hydroxylation sites is 2. The van der Waals surface area contributed by atoms with Crippen molar-refractivity contribution in [1.82, 2.24) is 14.9 Å². The number of rotatable bonds is 5. The minimum atomic E-state index is -0.344. The van der Waals surface area contributed by atoms with E-state index in [2.05, 4.69) is 4.90 Å². The summed E-state index contributed by atoms with van der Waals surface area (Å²) in [5.74, 6) is 1.19. The molecule has 1 amide bonds. The van der Waals surface area contributed by atoms with E-state index in [9.17, 15) is 9.18 Å². The average molecular weight is 463 g/mol. The maximum Gasteiger partial charge on any atom is 0.226 e. The van der Waals surface area contributed by atoms with Crippen molar-refractivity contribution in [2.24, 2.45) is 11.8 Å². The Morgan fingerprint density at radius 1 is 1.03 bits per heavy atom. The Balaban J connectivity index is 1.16. The first kappa shape index (κ1) is 22.6. The molecule has 2 aromatic carbocycles. The summed E-state index contributed by atoms with van der Waals surface area (Å²) < 4.78 is 19.6. The highest BCUT2D eigenvalue weighted by Gasteiger charge is 2.32. The van der Waals surface area contributed by atoms with Crippen LogP contribution in [0.1, 0.15) is 31.4 Å². The number of hydrogen-bond acceptors (Lipinski definition) is 5. The van der Waals surface area contributed by atoms with Gasteiger partial charge in [0.2, 0.25) is 11.9 Å². The topological polar surface area (TPSA) is 58.6 Å². The SMILES string of the molecule is Cc1nc(N2CCC(C(=O)N3CCC[C@H](COc4ccccc4F)C3)CC2)nc2ccccc12. The molecule has 0 N–H and O–H groups in total. The number of nitrogens with zero attached hydrogens (tertiary/aromatic N) is 4. The van der Waals surface area contributed by atoms with E-state index in [1.165, 1.54) is 6.07 Å². The molecule has 2 fully saturated rings. The molecule has 3 aromatic rings. The molecule has 34 heavy (non-hydrogen) atoms. The van der Waals surface area contributed by atoms with Gasteiger partial charge >= 0.3 is 0 Å². The van der Waals surface area contributed by atoms with E-state index < -0.39 is 0 Å². The summed E-state index contributed by atoms with van der Waals surface area (Å²) in [6.07, 6.45) is 3.57. The number of aryl methyl sites for hydroxylation is 1. The molecule has 0 spiro atoms. The smallest absolute Gasteiger partial charge is 0.226 e. The molecule has 178 valence electrons. The Labute approximate surface area is 199 Å². The van der Waals surface area contributed by atoms with Crippen LogP contribution in [-0.4, -0.2) is 53.6 Å². The first-order valence-corrected chi connectivity index (χ1v) is 12.2. The van der Waals surface area contributed by atoms with Gasteiger partial charge in [-0.2, -0.15) is 0 Å². The largest absolute Gasteiger partial charge is 0.490 e. The minimum Gasteiger partial charge on any atom is -0.490 e. The van der Waals surface area contributed by atoms with E-state index >= 15 is 0 Å². The molecule has 0 radical (unpaired) electrons. The number of benzene rings is 2. The molecule has 3 heterocycles. The molecule has 2 aliphatic heterocycles. The van der Waals surface area contributed by atoms with Crippen molar-refractivity contribution in [2.75, 3.05) is 37.7 Å². The van der Waals surface area contributed by atoms with E-state index in [1.54, 1.807) is 18.2 Å². The van der Waals surface area contributed by atoms with Gasteiger partial charge < -0.3 is 14.5 Å². The van der Waals surface area contributed by atoms with E-state index in [-0.39, 0.29) is 29.3 Å². The number of carbonyl (C=O) groups excluding carboxylic acids is 1. The van der Waals surface area contributed by atoms with E-state index in [0.29, 0.717) is 13.2 Å². The van der Waals surface area contributed by atoms with Crippen LogP contribution in [0.2, 0.25) is 0 Å². The first-order valence-electron chi connectivity index (χ1n) is 12.2. The normalized spacial score (nSPS) is 19.4. The summed E-state index contributed by atoms with van der Waals surface area (Å²) >= 11 is 0.